The van der Waals surface area contributed by atoms with Crippen LogP contribution in [0.4, 0.5) is 0 Å². The minimum atomic E-state index is -0.0429. The maximum absolute atomic E-state index is 11.3. The fraction of sp³-hybridized carbons (Fsp3) is 0.417. The van der Waals surface area contributed by atoms with E-state index in [0.717, 1.165) is 15.8 Å². The zero-order valence-corrected chi connectivity index (χ0v) is 11.4. The third-order valence-corrected chi connectivity index (χ3v) is 2.76. The first-order valence-corrected chi connectivity index (χ1v) is 6.28. The molecule has 0 atom stereocenters. The summed E-state index contributed by atoms with van der Waals surface area (Å²) in [6.07, 6.45) is 0.334. The maximum atomic E-state index is 11.3. The Morgan fingerprint density at radius 2 is 2.29 bits per heavy atom. The standard InChI is InChI=1S/C12H17BrN2O2/c1-9-2-3-11(10(13)8-9)17-7-4-12(16)15-6-5-14/h2-3,8H,4-7,14H2,1H3,(H,15,16). The Morgan fingerprint density at radius 1 is 1.53 bits per heavy atom. The zero-order chi connectivity index (χ0) is 12.7. The van der Waals surface area contributed by atoms with Crippen molar-refractivity contribution >= 4 is 21.8 Å². The molecule has 0 heterocycles. The van der Waals surface area contributed by atoms with Crippen LogP contribution in [0.1, 0.15) is 12.0 Å². The van der Waals surface area contributed by atoms with Gasteiger partial charge in [0, 0.05) is 13.1 Å². The molecule has 0 aliphatic carbocycles. The molecule has 0 saturated heterocycles. The Hall–Kier alpha value is -1.07. The molecule has 1 rings (SSSR count). The molecular formula is C12H17BrN2O2. The van der Waals surface area contributed by atoms with Gasteiger partial charge < -0.3 is 15.8 Å². The molecule has 1 aromatic carbocycles. The number of hydrogen-bond donors (Lipinski definition) is 2. The number of carbonyl (C=O) groups excluding carboxylic acids is 1. The lowest BCUT2D eigenvalue weighted by atomic mass is 10.2. The first-order valence-electron chi connectivity index (χ1n) is 5.49. The third-order valence-electron chi connectivity index (χ3n) is 2.14. The van der Waals surface area contributed by atoms with Crippen LogP contribution < -0.4 is 15.8 Å². The lowest BCUT2D eigenvalue weighted by Crippen LogP contribution is -2.29. The van der Waals surface area contributed by atoms with E-state index < -0.39 is 0 Å². The first-order chi connectivity index (χ1) is 8.13. The molecule has 17 heavy (non-hydrogen) atoms. The summed E-state index contributed by atoms with van der Waals surface area (Å²) in [5.74, 6) is 0.709. The van der Waals surface area contributed by atoms with Crippen LogP contribution in [-0.4, -0.2) is 25.6 Å². The summed E-state index contributed by atoms with van der Waals surface area (Å²) in [6, 6.07) is 5.83. The van der Waals surface area contributed by atoms with Gasteiger partial charge >= 0.3 is 0 Å². The van der Waals surface area contributed by atoms with Crippen LogP contribution in [0.5, 0.6) is 5.75 Å². The molecule has 4 nitrogen and oxygen atoms in total. The third kappa shape index (κ3) is 5.19. The minimum Gasteiger partial charge on any atom is -0.492 e. The molecule has 1 amide bonds. The molecule has 0 unspecified atom stereocenters. The van der Waals surface area contributed by atoms with Crippen LogP contribution in [0, 0.1) is 6.92 Å². The highest BCUT2D eigenvalue weighted by molar-refractivity contribution is 9.10. The summed E-state index contributed by atoms with van der Waals surface area (Å²) < 4.78 is 6.41. The highest BCUT2D eigenvalue weighted by Crippen LogP contribution is 2.25. The highest BCUT2D eigenvalue weighted by Gasteiger charge is 2.03. The summed E-state index contributed by atoms with van der Waals surface area (Å²) in [5, 5.41) is 2.69. The number of halogens is 1. The largest absolute Gasteiger partial charge is 0.492 e. The Balaban J connectivity index is 2.33. The molecule has 1 aromatic rings. The Bertz CT molecular complexity index is 383. The van der Waals surface area contributed by atoms with Crippen LogP contribution in [0.15, 0.2) is 22.7 Å². The van der Waals surface area contributed by atoms with E-state index in [2.05, 4.69) is 21.2 Å². The molecule has 0 saturated carbocycles. The van der Waals surface area contributed by atoms with Crippen molar-refractivity contribution in [2.45, 2.75) is 13.3 Å². The molecule has 0 fully saturated rings. The van der Waals surface area contributed by atoms with Gasteiger partial charge in [0.2, 0.25) is 5.91 Å². The van der Waals surface area contributed by atoms with Crippen LogP contribution in [0.3, 0.4) is 0 Å². The molecule has 0 spiro atoms. The quantitative estimate of drug-likeness (QED) is 0.839. The molecule has 0 aliphatic rings. The fourth-order valence-electron chi connectivity index (χ4n) is 1.28. The molecule has 94 valence electrons. The van der Waals surface area contributed by atoms with E-state index in [1.807, 2.05) is 25.1 Å². The predicted octanol–water partition coefficient (Wildman–Crippen LogP) is 1.60. The Labute approximate surface area is 110 Å². The van der Waals surface area contributed by atoms with Crippen LogP contribution in [0.25, 0.3) is 0 Å². The van der Waals surface area contributed by atoms with Gasteiger partial charge in [-0.1, -0.05) is 6.07 Å². The van der Waals surface area contributed by atoms with Gasteiger partial charge in [-0.05, 0) is 40.5 Å². The lowest BCUT2D eigenvalue weighted by Gasteiger charge is -2.08. The number of benzene rings is 1. The number of carbonyl (C=O) groups is 1. The van der Waals surface area contributed by atoms with Gasteiger partial charge in [-0.3, -0.25) is 4.79 Å². The highest BCUT2D eigenvalue weighted by atomic mass is 79.9. The number of amides is 1. The van der Waals surface area contributed by atoms with Gasteiger partial charge in [-0.2, -0.15) is 0 Å². The summed E-state index contributed by atoms with van der Waals surface area (Å²) in [5.41, 5.74) is 6.44. The molecule has 3 N–H and O–H groups in total. The first kappa shape index (κ1) is 14.0. The summed E-state index contributed by atoms with van der Waals surface area (Å²) >= 11 is 3.41. The number of ether oxygens (including phenoxy) is 1. The van der Waals surface area contributed by atoms with Crippen molar-refractivity contribution in [1.82, 2.24) is 5.32 Å². The van der Waals surface area contributed by atoms with Crippen LogP contribution >= 0.6 is 15.9 Å². The number of aryl methyl sites for hydroxylation is 1. The Kier molecular flexibility index (Phi) is 6.00. The number of nitrogens with two attached hydrogens (primary N) is 1. The molecule has 5 heteroatoms. The Morgan fingerprint density at radius 3 is 2.94 bits per heavy atom. The molecule has 0 aromatic heterocycles. The van der Waals surface area contributed by atoms with Gasteiger partial charge in [0.15, 0.2) is 0 Å². The van der Waals surface area contributed by atoms with Gasteiger partial charge in [0.1, 0.15) is 5.75 Å². The topological polar surface area (TPSA) is 64.3 Å². The van der Waals surface area contributed by atoms with Crippen molar-refractivity contribution in [2.24, 2.45) is 5.73 Å². The summed E-state index contributed by atoms with van der Waals surface area (Å²) in [7, 11) is 0. The van der Waals surface area contributed by atoms with E-state index in [1.54, 1.807) is 0 Å². The predicted molar refractivity (Wildman–Crippen MR) is 71.1 cm³/mol. The van der Waals surface area contributed by atoms with E-state index >= 15 is 0 Å². The lowest BCUT2D eigenvalue weighted by molar-refractivity contribution is -0.121. The van der Waals surface area contributed by atoms with Crippen molar-refractivity contribution in [3.8, 4) is 5.75 Å². The van der Waals surface area contributed by atoms with E-state index in [4.69, 9.17) is 10.5 Å². The van der Waals surface area contributed by atoms with Crippen molar-refractivity contribution in [1.29, 1.82) is 0 Å². The number of rotatable bonds is 6. The van der Waals surface area contributed by atoms with Gasteiger partial charge in [0.05, 0.1) is 17.5 Å². The van der Waals surface area contributed by atoms with Crippen molar-refractivity contribution < 1.29 is 9.53 Å². The molecule has 0 bridgehead atoms. The second kappa shape index (κ2) is 7.29. The fourth-order valence-corrected chi connectivity index (χ4v) is 1.88. The second-order valence-electron chi connectivity index (χ2n) is 3.67. The smallest absolute Gasteiger partial charge is 0.223 e. The van der Waals surface area contributed by atoms with Gasteiger partial charge in [0.25, 0.3) is 0 Å². The molecule has 0 aliphatic heterocycles. The van der Waals surface area contributed by atoms with Crippen LogP contribution in [-0.2, 0) is 4.79 Å². The molecule has 0 radical (unpaired) electrons. The summed E-state index contributed by atoms with van der Waals surface area (Å²) in [6.45, 7) is 3.33. The average molecular weight is 301 g/mol. The maximum Gasteiger partial charge on any atom is 0.223 e. The minimum absolute atomic E-state index is 0.0429. The van der Waals surface area contributed by atoms with E-state index in [0.29, 0.717) is 26.1 Å². The molecular weight excluding hydrogens is 284 g/mol. The zero-order valence-electron chi connectivity index (χ0n) is 9.83. The SMILES string of the molecule is Cc1ccc(OCCC(=O)NCCN)c(Br)c1. The van der Waals surface area contributed by atoms with Gasteiger partial charge in [-0.15, -0.1) is 0 Å². The normalized spacial score (nSPS) is 10.1. The summed E-state index contributed by atoms with van der Waals surface area (Å²) in [4.78, 5) is 11.3. The second-order valence-corrected chi connectivity index (χ2v) is 4.53. The van der Waals surface area contributed by atoms with Crippen LogP contribution in [0.2, 0.25) is 0 Å². The van der Waals surface area contributed by atoms with E-state index in [-0.39, 0.29) is 5.91 Å². The number of nitrogens with one attached hydrogen (secondary N) is 1. The number of hydrogen-bond acceptors (Lipinski definition) is 3. The van der Waals surface area contributed by atoms with Gasteiger partial charge in [-0.25, -0.2) is 0 Å². The van der Waals surface area contributed by atoms with E-state index in [1.165, 1.54) is 0 Å². The van der Waals surface area contributed by atoms with Crippen molar-refractivity contribution in [3.63, 3.8) is 0 Å². The monoisotopic (exact) mass is 300 g/mol. The average Bonchev–Trinajstić information content (AvgIpc) is 2.29. The van der Waals surface area contributed by atoms with Crippen molar-refractivity contribution in [3.05, 3.63) is 28.2 Å². The van der Waals surface area contributed by atoms with Crippen molar-refractivity contribution in [2.75, 3.05) is 19.7 Å². The van der Waals surface area contributed by atoms with E-state index in [9.17, 15) is 4.79 Å².